The Morgan fingerprint density at radius 3 is 2.73 bits per heavy atom. The summed E-state index contributed by atoms with van der Waals surface area (Å²) in [6.07, 6.45) is 1.31. The van der Waals surface area contributed by atoms with Crippen LogP contribution in [0.3, 0.4) is 0 Å². The highest BCUT2D eigenvalue weighted by molar-refractivity contribution is 7.89. The lowest BCUT2D eigenvalue weighted by molar-refractivity contribution is 0.273. The summed E-state index contributed by atoms with van der Waals surface area (Å²) < 4.78 is 27.2. The maximum Gasteiger partial charge on any atom is 0.240 e. The SMILES string of the molecule is Cc1cccc(S(=O)(=O)NCC[C@@H](CCO)c2ccsc2)c1. The molecular formula is C16H21NO3S2. The standard InChI is InChI=1S/C16H21NO3S2/c1-13-3-2-4-16(11-13)22(19,20)17-8-5-14(6-9-18)15-7-10-21-12-15/h2-4,7,10-12,14,17-18H,5-6,8-9H2,1H3/t14-/m0/s1. The van der Waals surface area contributed by atoms with Crippen molar-refractivity contribution in [2.45, 2.75) is 30.6 Å². The summed E-state index contributed by atoms with van der Waals surface area (Å²) in [6.45, 7) is 2.33. The van der Waals surface area contributed by atoms with E-state index in [0.717, 1.165) is 11.1 Å². The number of rotatable bonds is 8. The summed E-state index contributed by atoms with van der Waals surface area (Å²) in [6, 6.07) is 8.89. The van der Waals surface area contributed by atoms with Crippen molar-refractivity contribution >= 4 is 21.4 Å². The molecule has 0 aliphatic carbocycles. The third kappa shape index (κ3) is 4.64. The highest BCUT2D eigenvalue weighted by atomic mass is 32.2. The normalized spacial score (nSPS) is 13.2. The summed E-state index contributed by atoms with van der Waals surface area (Å²) in [7, 11) is -3.47. The van der Waals surface area contributed by atoms with E-state index in [-0.39, 0.29) is 12.5 Å². The second kappa shape index (κ2) is 7.87. The molecule has 2 N–H and O–H groups in total. The van der Waals surface area contributed by atoms with Crippen LogP contribution in [0.5, 0.6) is 0 Å². The van der Waals surface area contributed by atoms with Crippen LogP contribution >= 0.6 is 11.3 Å². The predicted octanol–water partition coefficient (Wildman–Crippen LogP) is 2.89. The van der Waals surface area contributed by atoms with Gasteiger partial charge < -0.3 is 5.11 Å². The second-order valence-electron chi connectivity index (χ2n) is 5.27. The number of thiophene rings is 1. The molecular weight excluding hydrogens is 318 g/mol. The van der Waals surface area contributed by atoms with E-state index in [1.807, 2.05) is 24.4 Å². The van der Waals surface area contributed by atoms with Gasteiger partial charge in [-0.1, -0.05) is 12.1 Å². The van der Waals surface area contributed by atoms with Crippen molar-refractivity contribution in [2.75, 3.05) is 13.2 Å². The maximum absolute atomic E-state index is 12.3. The van der Waals surface area contributed by atoms with Crippen LogP contribution in [0.4, 0.5) is 0 Å². The number of hydrogen-bond donors (Lipinski definition) is 2. The van der Waals surface area contributed by atoms with Gasteiger partial charge in [0.05, 0.1) is 4.90 Å². The van der Waals surface area contributed by atoms with Crippen LogP contribution in [0.25, 0.3) is 0 Å². The molecule has 22 heavy (non-hydrogen) atoms. The molecule has 0 bridgehead atoms. The number of hydrogen-bond acceptors (Lipinski definition) is 4. The van der Waals surface area contributed by atoms with Gasteiger partial charge in [0, 0.05) is 13.2 Å². The Labute approximate surface area is 135 Å². The number of aliphatic hydroxyl groups is 1. The first kappa shape index (κ1) is 17.1. The first-order valence-corrected chi connectivity index (χ1v) is 9.65. The minimum atomic E-state index is -3.47. The van der Waals surface area contributed by atoms with E-state index in [9.17, 15) is 8.42 Å². The summed E-state index contributed by atoms with van der Waals surface area (Å²) in [5.41, 5.74) is 2.08. The number of sulfonamides is 1. The molecule has 0 spiro atoms. The Morgan fingerprint density at radius 2 is 2.09 bits per heavy atom. The Balaban J connectivity index is 1.97. The zero-order valence-corrected chi connectivity index (χ0v) is 14.2. The molecule has 2 aromatic rings. The van der Waals surface area contributed by atoms with Crippen molar-refractivity contribution < 1.29 is 13.5 Å². The molecule has 0 fully saturated rings. The molecule has 2 rings (SSSR count). The topological polar surface area (TPSA) is 66.4 Å². The minimum absolute atomic E-state index is 0.102. The minimum Gasteiger partial charge on any atom is -0.396 e. The Bertz CT molecular complexity index is 681. The van der Waals surface area contributed by atoms with E-state index in [0.29, 0.717) is 24.3 Å². The lowest BCUT2D eigenvalue weighted by atomic mass is 9.95. The van der Waals surface area contributed by atoms with Gasteiger partial charge in [-0.3, -0.25) is 0 Å². The van der Waals surface area contributed by atoms with Gasteiger partial charge >= 0.3 is 0 Å². The molecule has 6 heteroatoms. The molecule has 1 atom stereocenters. The fourth-order valence-corrected chi connectivity index (χ4v) is 4.27. The first-order chi connectivity index (χ1) is 10.5. The number of aliphatic hydroxyl groups excluding tert-OH is 1. The summed E-state index contributed by atoms with van der Waals surface area (Å²) in [4.78, 5) is 0.293. The highest BCUT2D eigenvalue weighted by Gasteiger charge is 2.16. The molecule has 1 heterocycles. The van der Waals surface area contributed by atoms with Crippen LogP contribution in [0.1, 0.15) is 29.9 Å². The Kier molecular flexibility index (Phi) is 6.14. The van der Waals surface area contributed by atoms with Gasteiger partial charge in [-0.15, -0.1) is 0 Å². The number of nitrogens with one attached hydrogen (secondary N) is 1. The van der Waals surface area contributed by atoms with Gasteiger partial charge in [-0.05, 0) is 65.8 Å². The van der Waals surface area contributed by atoms with E-state index in [2.05, 4.69) is 10.1 Å². The van der Waals surface area contributed by atoms with Crippen molar-refractivity contribution in [1.82, 2.24) is 4.72 Å². The molecule has 1 aromatic carbocycles. The first-order valence-electron chi connectivity index (χ1n) is 7.22. The lowest BCUT2D eigenvalue weighted by Gasteiger charge is -2.15. The summed E-state index contributed by atoms with van der Waals surface area (Å²) in [5.74, 6) is 0.177. The third-order valence-corrected chi connectivity index (χ3v) is 5.74. The average molecular weight is 339 g/mol. The monoisotopic (exact) mass is 339 g/mol. The Hall–Kier alpha value is -1.21. The van der Waals surface area contributed by atoms with Crippen molar-refractivity contribution in [3.8, 4) is 0 Å². The van der Waals surface area contributed by atoms with Crippen LogP contribution in [-0.2, 0) is 10.0 Å². The molecule has 4 nitrogen and oxygen atoms in total. The molecule has 1 aromatic heterocycles. The zero-order valence-electron chi connectivity index (χ0n) is 12.5. The third-order valence-electron chi connectivity index (χ3n) is 3.58. The number of benzene rings is 1. The summed E-state index contributed by atoms with van der Waals surface area (Å²) in [5, 5.41) is 13.2. The van der Waals surface area contributed by atoms with Gasteiger partial charge in [-0.25, -0.2) is 13.1 Å². The van der Waals surface area contributed by atoms with Crippen LogP contribution in [0.2, 0.25) is 0 Å². The van der Waals surface area contributed by atoms with Crippen molar-refractivity contribution in [3.05, 3.63) is 52.2 Å². The zero-order chi connectivity index (χ0) is 16.0. The van der Waals surface area contributed by atoms with Crippen LogP contribution < -0.4 is 4.72 Å². The Morgan fingerprint density at radius 1 is 1.27 bits per heavy atom. The van der Waals surface area contributed by atoms with E-state index < -0.39 is 10.0 Å². The van der Waals surface area contributed by atoms with Crippen LogP contribution in [0.15, 0.2) is 46.0 Å². The smallest absolute Gasteiger partial charge is 0.240 e. The van der Waals surface area contributed by atoms with Crippen molar-refractivity contribution in [3.63, 3.8) is 0 Å². The molecule has 0 saturated carbocycles. The fourth-order valence-electron chi connectivity index (χ4n) is 2.37. The molecule has 0 saturated heterocycles. The van der Waals surface area contributed by atoms with E-state index >= 15 is 0 Å². The van der Waals surface area contributed by atoms with Crippen LogP contribution in [-0.4, -0.2) is 26.7 Å². The van der Waals surface area contributed by atoms with Gasteiger partial charge in [0.25, 0.3) is 0 Å². The van der Waals surface area contributed by atoms with Gasteiger partial charge in [0.2, 0.25) is 10.0 Å². The fraction of sp³-hybridized carbons (Fsp3) is 0.375. The maximum atomic E-state index is 12.3. The largest absolute Gasteiger partial charge is 0.396 e. The average Bonchev–Trinajstić information content (AvgIpc) is 3.00. The second-order valence-corrected chi connectivity index (χ2v) is 7.82. The van der Waals surface area contributed by atoms with E-state index in [1.165, 1.54) is 0 Å². The van der Waals surface area contributed by atoms with E-state index in [4.69, 9.17) is 5.11 Å². The lowest BCUT2D eigenvalue weighted by Crippen LogP contribution is -2.26. The van der Waals surface area contributed by atoms with E-state index in [1.54, 1.807) is 29.5 Å². The van der Waals surface area contributed by atoms with Crippen LogP contribution in [0, 0.1) is 6.92 Å². The quantitative estimate of drug-likeness (QED) is 0.777. The van der Waals surface area contributed by atoms with Gasteiger partial charge in [0.1, 0.15) is 0 Å². The molecule has 0 unspecified atom stereocenters. The van der Waals surface area contributed by atoms with Gasteiger partial charge in [-0.2, -0.15) is 11.3 Å². The predicted molar refractivity (Wildman–Crippen MR) is 89.7 cm³/mol. The van der Waals surface area contributed by atoms with Gasteiger partial charge in [0.15, 0.2) is 0 Å². The molecule has 0 radical (unpaired) electrons. The summed E-state index contributed by atoms with van der Waals surface area (Å²) >= 11 is 1.61. The molecule has 120 valence electrons. The van der Waals surface area contributed by atoms with Crippen molar-refractivity contribution in [2.24, 2.45) is 0 Å². The number of aryl methyl sites for hydroxylation is 1. The molecule has 0 amide bonds. The molecule has 0 aliphatic rings. The highest BCUT2D eigenvalue weighted by Crippen LogP contribution is 2.25. The molecule has 0 aliphatic heterocycles. The van der Waals surface area contributed by atoms with Crippen molar-refractivity contribution in [1.29, 1.82) is 0 Å².